The van der Waals surface area contributed by atoms with Crippen LogP contribution in [0.25, 0.3) is 0 Å². The van der Waals surface area contributed by atoms with Gasteiger partial charge in [0.05, 0.1) is 6.61 Å². The predicted octanol–water partition coefficient (Wildman–Crippen LogP) is 2.19. The summed E-state index contributed by atoms with van der Waals surface area (Å²) in [4.78, 5) is 25.0. The number of hydrogen-bond donors (Lipinski definition) is 1. The molecule has 1 aromatic rings. The van der Waals surface area contributed by atoms with Gasteiger partial charge in [0.1, 0.15) is 6.61 Å². The van der Waals surface area contributed by atoms with Crippen molar-refractivity contribution in [3.63, 3.8) is 0 Å². The van der Waals surface area contributed by atoms with Gasteiger partial charge in [-0.05, 0) is 25.6 Å². The Kier molecular flexibility index (Phi) is 9.47. The minimum absolute atomic E-state index is 0.204. The second-order valence-electron chi connectivity index (χ2n) is 5.21. The first-order valence-corrected chi connectivity index (χ1v) is 7.90. The molecule has 0 aliphatic rings. The molecular weight excluding hydrogens is 296 g/mol. The van der Waals surface area contributed by atoms with E-state index in [-0.39, 0.29) is 25.6 Å². The van der Waals surface area contributed by atoms with E-state index in [9.17, 15) is 9.59 Å². The van der Waals surface area contributed by atoms with Gasteiger partial charge in [0.2, 0.25) is 0 Å². The van der Waals surface area contributed by atoms with Crippen LogP contribution in [0.5, 0.6) is 0 Å². The van der Waals surface area contributed by atoms with Gasteiger partial charge in [-0.3, -0.25) is 4.79 Å². The molecule has 0 aromatic heterocycles. The van der Waals surface area contributed by atoms with E-state index in [1.807, 2.05) is 37.4 Å². The number of esters is 1. The molecule has 6 nitrogen and oxygen atoms in total. The topological polar surface area (TPSA) is 67.9 Å². The van der Waals surface area contributed by atoms with Crippen LogP contribution in [0.3, 0.4) is 0 Å². The lowest BCUT2D eigenvalue weighted by molar-refractivity contribution is -0.145. The first-order valence-electron chi connectivity index (χ1n) is 7.90. The number of rotatable bonds is 10. The molecule has 1 amide bonds. The quantitative estimate of drug-likeness (QED) is 0.528. The van der Waals surface area contributed by atoms with Crippen LogP contribution in [-0.2, 0) is 20.9 Å². The second kappa shape index (κ2) is 11.5. The summed E-state index contributed by atoms with van der Waals surface area (Å²) >= 11 is 0. The van der Waals surface area contributed by atoms with Crippen LogP contribution >= 0.6 is 0 Å². The molecule has 0 spiro atoms. The largest absolute Gasteiger partial charge is 0.461 e. The Morgan fingerprint density at radius 2 is 1.91 bits per heavy atom. The first kappa shape index (κ1) is 19.0. The summed E-state index contributed by atoms with van der Waals surface area (Å²) in [6, 6.07) is 9.50. The average Bonchev–Trinajstić information content (AvgIpc) is 2.57. The van der Waals surface area contributed by atoms with Gasteiger partial charge in [-0.1, -0.05) is 37.3 Å². The summed E-state index contributed by atoms with van der Waals surface area (Å²) in [6.07, 6.45) is 0.237. The van der Waals surface area contributed by atoms with Gasteiger partial charge >= 0.3 is 12.1 Å². The number of carbonyl (C=O) groups is 2. The van der Waals surface area contributed by atoms with Crippen molar-refractivity contribution in [2.45, 2.75) is 26.4 Å². The highest BCUT2D eigenvalue weighted by Gasteiger charge is 2.06. The molecule has 1 N–H and O–H groups in total. The summed E-state index contributed by atoms with van der Waals surface area (Å²) in [5.41, 5.74) is 0.952. The monoisotopic (exact) mass is 322 g/mol. The van der Waals surface area contributed by atoms with Crippen molar-refractivity contribution >= 4 is 12.1 Å². The molecule has 0 bridgehead atoms. The van der Waals surface area contributed by atoms with Crippen LogP contribution < -0.4 is 5.32 Å². The van der Waals surface area contributed by atoms with Crippen LogP contribution in [0.2, 0.25) is 0 Å². The summed E-state index contributed by atoms with van der Waals surface area (Å²) in [7, 11) is 1.98. The van der Waals surface area contributed by atoms with Gasteiger partial charge in [0.15, 0.2) is 0 Å². The van der Waals surface area contributed by atoms with E-state index in [1.165, 1.54) is 0 Å². The summed E-state index contributed by atoms with van der Waals surface area (Å²) in [6.45, 7) is 4.78. The third-order valence-electron chi connectivity index (χ3n) is 3.30. The summed E-state index contributed by atoms with van der Waals surface area (Å²) in [5, 5.41) is 2.66. The van der Waals surface area contributed by atoms with Gasteiger partial charge < -0.3 is 19.7 Å². The lowest BCUT2D eigenvalue weighted by Crippen LogP contribution is -2.33. The van der Waals surface area contributed by atoms with Crippen LogP contribution in [0, 0.1) is 0 Å². The summed E-state index contributed by atoms with van der Waals surface area (Å²) in [5.74, 6) is -0.289. The van der Waals surface area contributed by atoms with E-state index in [4.69, 9.17) is 9.47 Å². The number of hydrogen-bond acceptors (Lipinski definition) is 5. The van der Waals surface area contributed by atoms with Crippen molar-refractivity contribution in [3.8, 4) is 0 Å². The van der Waals surface area contributed by atoms with E-state index < -0.39 is 6.09 Å². The number of alkyl carbamates (subject to hydrolysis) is 1. The van der Waals surface area contributed by atoms with Crippen LogP contribution in [0.1, 0.15) is 25.3 Å². The molecule has 1 rings (SSSR count). The number of amides is 1. The lowest BCUT2D eigenvalue weighted by atomic mass is 10.2. The van der Waals surface area contributed by atoms with Crippen LogP contribution in [-0.4, -0.2) is 50.3 Å². The number of ether oxygens (including phenoxy) is 2. The molecule has 6 heteroatoms. The van der Waals surface area contributed by atoms with Gasteiger partial charge in [-0.2, -0.15) is 0 Å². The number of nitrogens with zero attached hydrogens (tertiary/aromatic N) is 1. The van der Waals surface area contributed by atoms with E-state index in [2.05, 4.69) is 17.1 Å². The molecular formula is C17H26N2O4. The smallest absolute Gasteiger partial charge is 0.407 e. The maximum absolute atomic E-state index is 11.6. The molecule has 0 saturated heterocycles. The minimum Gasteiger partial charge on any atom is -0.461 e. The molecule has 1 aromatic carbocycles. The zero-order valence-electron chi connectivity index (χ0n) is 13.9. The highest BCUT2D eigenvalue weighted by Crippen LogP contribution is 2.02. The van der Waals surface area contributed by atoms with Gasteiger partial charge in [-0.25, -0.2) is 4.79 Å². The van der Waals surface area contributed by atoms with Crippen molar-refractivity contribution < 1.29 is 19.1 Å². The highest BCUT2D eigenvalue weighted by molar-refractivity contribution is 5.69. The Bertz CT molecular complexity index is 465. The molecule has 23 heavy (non-hydrogen) atoms. The Labute approximate surface area is 137 Å². The highest BCUT2D eigenvalue weighted by atomic mass is 16.5. The number of benzene rings is 1. The number of nitrogens with one attached hydrogen (secondary N) is 1. The third kappa shape index (κ3) is 9.52. The van der Waals surface area contributed by atoms with Crippen LogP contribution in [0.4, 0.5) is 4.79 Å². The molecule has 128 valence electrons. The maximum Gasteiger partial charge on any atom is 0.407 e. The van der Waals surface area contributed by atoms with Gasteiger partial charge in [0.25, 0.3) is 0 Å². The van der Waals surface area contributed by atoms with Gasteiger partial charge in [-0.15, -0.1) is 0 Å². The van der Waals surface area contributed by atoms with Gasteiger partial charge in [0, 0.05) is 19.5 Å². The maximum atomic E-state index is 11.6. The van der Waals surface area contributed by atoms with E-state index in [1.54, 1.807) is 0 Å². The lowest BCUT2D eigenvalue weighted by Gasteiger charge is -2.13. The number of carbonyl (C=O) groups excluding carboxylic acids is 2. The molecule has 0 unspecified atom stereocenters. The Hall–Kier alpha value is -2.08. The van der Waals surface area contributed by atoms with Crippen molar-refractivity contribution in [1.82, 2.24) is 10.2 Å². The van der Waals surface area contributed by atoms with Crippen molar-refractivity contribution in [1.29, 1.82) is 0 Å². The van der Waals surface area contributed by atoms with E-state index in [0.717, 1.165) is 18.7 Å². The van der Waals surface area contributed by atoms with E-state index in [0.29, 0.717) is 13.0 Å². The molecule has 0 fully saturated rings. The molecule has 0 saturated carbocycles. The normalized spacial score (nSPS) is 10.4. The molecule has 0 aliphatic heterocycles. The Morgan fingerprint density at radius 1 is 1.17 bits per heavy atom. The Balaban J connectivity index is 2.01. The fourth-order valence-corrected chi connectivity index (χ4v) is 1.75. The molecule has 0 aliphatic carbocycles. The Morgan fingerprint density at radius 3 is 2.61 bits per heavy atom. The molecule has 0 atom stereocenters. The zero-order chi connectivity index (χ0) is 16.9. The third-order valence-corrected chi connectivity index (χ3v) is 3.30. The number of likely N-dealkylation sites (N-methyl/N-ethyl adjacent to an activating group) is 1. The fourth-order valence-electron chi connectivity index (χ4n) is 1.75. The average molecular weight is 322 g/mol. The van der Waals surface area contributed by atoms with Crippen molar-refractivity contribution in [2.24, 2.45) is 0 Å². The standard InChI is InChI=1S/C17H26N2O4/c1-3-19(2)12-11-18-17(21)22-13-7-10-16(20)23-14-15-8-5-4-6-9-15/h4-6,8-9H,3,7,10-14H2,1-2H3,(H,18,21). The van der Waals surface area contributed by atoms with Crippen LogP contribution in [0.15, 0.2) is 30.3 Å². The summed E-state index contributed by atoms with van der Waals surface area (Å²) < 4.78 is 10.1. The zero-order valence-corrected chi connectivity index (χ0v) is 13.9. The molecule has 0 radical (unpaired) electrons. The minimum atomic E-state index is -0.452. The van der Waals surface area contributed by atoms with E-state index >= 15 is 0 Å². The second-order valence-corrected chi connectivity index (χ2v) is 5.21. The van der Waals surface area contributed by atoms with Crippen molar-refractivity contribution in [2.75, 3.05) is 33.3 Å². The molecule has 0 heterocycles. The first-order chi connectivity index (χ1) is 11.1. The SMILES string of the molecule is CCN(C)CCNC(=O)OCCCC(=O)OCc1ccccc1. The van der Waals surface area contributed by atoms with Crippen molar-refractivity contribution in [3.05, 3.63) is 35.9 Å². The predicted molar refractivity (Wildman–Crippen MR) is 88.0 cm³/mol. The fraction of sp³-hybridized carbons (Fsp3) is 0.529.